The highest BCUT2D eigenvalue weighted by Gasteiger charge is 2.29. The second-order valence-electron chi connectivity index (χ2n) is 7.18. The lowest BCUT2D eigenvalue weighted by molar-refractivity contribution is -0.133. The second-order valence-corrected chi connectivity index (χ2v) is 7.18. The number of amides is 2. The van der Waals surface area contributed by atoms with Crippen molar-refractivity contribution in [1.82, 2.24) is 24.7 Å². The van der Waals surface area contributed by atoms with E-state index in [1.165, 1.54) is 0 Å². The number of nitrogens with zero attached hydrogens (tertiary/aromatic N) is 5. The molecule has 0 spiro atoms. The van der Waals surface area contributed by atoms with Gasteiger partial charge in [-0.2, -0.15) is 0 Å². The largest absolute Gasteiger partial charge is 0.342 e. The standard InChI is InChI=1S/C19H29N5O2/c1-4-22(5-2)13-18(26)24-9-7-17-16(12-24)10-20-19(21-17)15-6-8-23(11-15)14(3)25/h10,15H,4-9,11-13H2,1-3H3. The fraction of sp³-hybridized carbons (Fsp3) is 0.684. The van der Waals surface area contributed by atoms with Crippen molar-refractivity contribution in [3.63, 3.8) is 0 Å². The molecular formula is C19H29N5O2. The minimum absolute atomic E-state index is 0.118. The molecule has 0 bridgehead atoms. The summed E-state index contributed by atoms with van der Waals surface area (Å²) in [7, 11) is 0. The van der Waals surface area contributed by atoms with Crippen molar-refractivity contribution >= 4 is 11.8 Å². The van der Waals surface area contributed by atoms with E-state index in [9.17, 15) is 9.59 Å². The minimum atomic E-state index is 0.118. The Hall–Kier alpha value is -2.02. The van der Waals surface area contributed by atoms with Gasteiger partial charge < -0.3 is 9.80 Å². The Bertz CT molecular complexity index is 674. The number of carbonyl (C=O) groups is 2. The lowest BCUT2D eigenvalue weighted by Gasteiger charge is -2.30. The van der Waals surface area contributed by atoms with Crippen molar-refractivity contribution in [3.8, 4) is 0 Å². The molecule has 26 heavy (non-hydrogen) atoms. The van der Waals surface area contributed by atoms with Gasteiger partial charge in [-0.3, -0.25) is 14.5 Å². The van der Waals surface area contributed by atoms with Crippen molar-refractivity contribution in [2.45, 2.75) is 46.1 Å². The van der Waals surface area contributed by atoms with Crippen LogP contribution in [0.1, 0.15) is 50.2 Å². The van der Waals surface area contributed by atoms with Gasteiger partial charge in [0.15, 0.2) is 0 Å². The van der Waals surface area contributed by atoms with E-state index < -0.39 is 0 Å². The average Bonchev–Trinajstić information content (AvgIpc) is 3.15. The summed E-state index contributed by atoms with van der Waals surface area (Å²) < 4.78 is 0. The summed E-state index contributed by atoms with van der Waals surface area (Å²) >= 11 is 0. The van der Waals surface area contributed by atoms with E-state index in [2.05, 4.69) is 23.7 Å². The van der Waals surface area contributed by atoms with Gasteiger partial charge >= 0.3 is 0 Å². The van der Waals surface area contributed by atoms with Crippen molar-refractivity contribution in [1.29, 1.82) is 0 Å². The number of likely N-dealkylation sites (N-methyl/N-ethyl adjacent to an activating group) is 1. The number of aromatic nitrogens is 2. The predicted molar refractivity (Wildman–Crippen MR) is 98.6 cm³/mol. The van der Waals surface area contributed by atoms with E-state index in [1.807, 2.05) is 16.0 Å². The molecule has 0 aliphatic carbocycles. The van der Waals surface area contributed by atoms with Gasteiger partial charge in [0, 0.05) is 57.2 Å². The molecule has 0 radical (unpaired) electrons. The molecular weight excluding hydrogens is 330 g/mol. The molecule has 0 saturated carbocycles. The Morgan fingerprint density at radius 1 is 1.23 bits per heavy atom. The van der Waals surface area contributed by atoms with Gasteiger partial charge in [0.2, 0.25) is 11.8 Å². The van der Waals surface area contributed by atoms with Crippen LogP contribution >= 0.6 is 0 Å². The van der Waals surface area contributed by atoms with Crippen LogP contribution in [0.25, 0.3) is 0 Å². The molecule has 1 aromatic heterocycles. The normalized spacial score (nSPS) is 19.8. The van der Waals surface area contributed by atoms with Gasteiger partial charge in [0.1, 0.15) is 5.82 Å². The Kier molecular flexibility index (Phi) is 5.86. The van der Waals surface area contributed by atoms with E-state index in [1.54, 1.807) is 6.92 Å². The molecule has 3 rings (SSSR count). The molecule has 0 aromatic carbocycles. The van der Waals surface area contributed by atoms with Gasteiger partial charge in [0.25, 0.3) is 0 Å². The van der Waals surface area contributed by atoms with Gasteiger partial charge in [-0.25, -0.2) is 9.97 Å². The fourth-order valence-electron chi connectivity index (χ4n) is 3.74. The Labute approximate surface area is 155 Å². The average molecular weight is 359 g/mol. The van der Waals surface area contributed by atoms with E-state index in [4.69, 9.17) is 4.98 Å². The smallest absolute Gasteiger partial charge is 0.237 e. The van der Waals surface area contributed by atoms with Gasteiger partial charge in [-0.1, -0.05) is 13.8 Å². The van der Waals surface area contributed by atoms with E-state index in [0.717, 1.165) is 49.6 Å². The van der Waals surface area contributed by atoms with Crippen LogP contribution in [0.2, 0.25) is 0 Å². The van der Waals surface area contributed by atoms with Gasteiger partial charge in [-0.15, -0.1) is 0 Å². The summed E-state index contributed by atoms with van der Waals surface area (Å²) in [6.45, 7) is 10.8. The third kappa shape index (κ3) is 4.03. The fourth-order valence-corrected chi connectivity index (χ4v) is 3.74. The lowest BCUT2D eigenvalue weighted by Crippen LogP contribution is -2.43. The number of carbonyl (C=O) groups excluding carboxylic acids is 2. The summed E-state index contributed by atoms with van der Waals surface area (Å²) in [5, 5.41) is 0. The van der Waals surface area contributed by atoms with Crippen LogP contribution in [-0.2, 0) is 22.6 Å². The maximum Gasteiger partial charge on any atom is 0.237 e. The van der Waals surface area contributed by atoms with Crippen LogP contribution in [0.15, 0.2) is 6.20 Å². The molecule has 3 heterocycles. The zero-order chi connectivity index (χ0) is 18.7. The van der Waals surface area contributed by atoms with Crippen molar-refractivity contribution in [2.24, 2.45) is 0 Å². The van der Waals surface area contributed by atoms with Crippen LogP contribution in [0.5, 0.6) is 0 Å². The van der Waals surface area contributed by atoms with Gasteiger partial charge in [-0.05, 0) is 19.5 Å². The Balaban J connectivity index is 1.64. The van der Waals surface area contributed by atoms with Crippen molar-refractivity contribution < 1.29 is 9.59 Å². The number of rotatable bonds is 5. The third-order valence-corrected chi connectivity index (χ3v) is 5.56. The first-order valence-electron chi connectivity index (χ1n) is 9.62. The van der Waals surface area contributed by atoms with Crippen LogP contribution < -0.4 is 0 Å². The first kappa shape index (κ1) is 18.8. The number of hydrogen-bond acceptors (Lipinski definition) is 5. The number of hydrogen-bond donors (Lipinski definition) is 0. The zero-order valence-electron chi connectivity index (χ0n) is 16.1. The minimum Gasteiger partial charge on any atom is -0.342 e. The Morgan fingerprint density at radius 2 is 2.00 bits per heavy atom. The summed E-state index contributed by atoms with van der Waals surface area (Å²) in [5.41, 5.74) is 2.11. The highest BCUT2D eigenvalue weighted by Crippen LogP contribution is 2.26. The molecule has 1 aromatic rings. The lowest BCUT2D eigenvalue weighted by atomic mass is 10.0. The summed E-state index contributed by atoms with van der Waals surface area (Å²) in [6.07, 6.45) is 3.58. The maximum absolute atomic E-state index is 12.5. The maximum atomic E-state index is 12.5. The third-order valence-electron chi connectivity index (χ3n) is 5.56. The quantitative estimate of drug-likeness (QED) is 0.786. The van der Waals surface area contributed by atoms with E-state index in [-0.39, 0.29) is 17.7 Å². The molecule has 1 unspecified atom stereocenters. The molecule has 1 fully saturated rings. The second kappa shape index (κ2) is 8.12. The summed E-state index contributed by atoms with van der Waals surface area (Å²) in [4.78, 5) is 39.3. The number of fused-ring (bicyclic) bond motifs is 1. The molecule has 2 aliphatic heterocycles. The molecule has 7 nitrogen and oxygen atoms in total. The molecule has 2 amide bonds. The van der Waals surface area contributed by atoms with Crippen molar-refractivity contribution in [2.75, 3.05) is 39.3 Å². The topological polar surface area (TPSA) is 69.6 Å². The molecule has 1 atom stereocenters. The van der Waals surface area contributed by atoms with Crippen LogP contribution in [0, 0.1) is 0 Å². The molecule has 142 valence electrons. The van der Waals surface area contributed by atoms with Crippen LogP contribution in [0.4, 0.5) is 0 Å². The molecule has 7 heteroatoms. The van der Waals surface area contributed by atoms with E-state index >= 15 is 0 Å². The van der Waals surface area contributed by atoms with Crippen LogP contribution in [-0.4, -0.2) is 75.8 Å². The molecule has 0 N–H and O–H groups in total. The summed E-state index contributed by atoms with van der Waals surface area (Å²) in [5.74, 6) is 1.37. The van der Waals surface area contributed by atoms with E-state index in [0.29, 0.717) is 26.2 Å². The highest BCUT2D eigenvalue weighted by atomic mass is 16.2. The van der Waals surface area contributed by atoms with Gasteiger partial charge in [0.05, 0.1) is 12.2 Å². The molecule has 1 saturated heterocycles. The zero-order valence-corrected chi connectivity index (χ0v) is 16.1. The molecule has 2 aliphatic rings. The van der Waals surface area contributed by atoms with Crippen LogP contribution in [0.3, 0.4) is 0 Å². The van der Waals surface area contributed by atoms with Crippen molar-refractivity contribution in [3.05, 3.63) is 23.3 Å². The summed E-state index contributed by atoms with van der Waals surface area (Å²) in [6, 6.07) is 0. The first-order valence-corrected chi connectivity index (χ1v) is 9.62. The first-order chi connectivity index (χ1) is 12.5. The predicted octanol–water partition coefficient (Wildman–Crippen LogP) is 1.04. The number of likely N-dealkylation sites (tertiary alicyclic amines) is 1. The Morgan fingerprint density at radius 3 is 2.65 bits per heavy atom. The SMILES string of the molecule is CCN(CC)CC(=O)N1CCc2nc(C3CCN(C(C)=O)C3)ncc2C1. The monoisotopic (exact) mass is 359 g/mol. The highest BCUT2D eigenvalue weighted by molar-refractivity contribution is 5.78.